The van der Waals surface area contributed by atoms with Crippen LogP contribution in [0, 0.1) is 6.92 Å². The zero-order valence-electron chi connectivity index (χ0n) is 14.9. The number of para-hydroxylation sites is 1. The van der Waals surface area contributed by atoms with Gasteiger partial charge < -0.3 is 18.6 Å². The summed E-state index contributed by atoms with van der Waals surface area (Å²) in [5.74, 6) is -2.08. The summed E-state index contributed by atoms with van der Waals surface area (Å²) in [6.07, 6.45) is 0. The molecule has 0 aliphatic carbocycles. The Kier molecular flexibility index (Phi) is 4.94. The van der Waals surface area contributed by atoms with E-state index in [-0.39, 0.29) is 22.6 Å². The lowest BCUT2D eigenvalue weighted by atomic mass is 10.1. The first-order valence-electron chi connectivity index (χ1n) is 7.96. The molecule has 0 spiro atoms. The SMILES string of the molecule is COC(=O)c1cc(OC(=O)c2oc3ccccc3c2C)cc(C(=O)OC)c1. The fraction of sp³-hybridized carbons (Fsp3) is 0.150. The summed E-state index contributed by atoms with van der Waals surface area (Å²) in [6.45, 7) is 1.74. The molecule has 0 atom stereocenters. The average Bonchev–Trinajstić information content (AvgIpc) is 3.03. The van der Waals surface area contributed by atoms with Gasteiger partial charge >= 0.3 is 17.9 Å². The van der Waals surface area contributed by atoms with E-state index in [9.17, 15) is 14.4 Å². The molecule has 0 saturated carbocycles. The Balaban J connectivity index is 1.98. The molecule has 0 aliphatic rings. The Labute approximate surface area is 154 Å². The maximum absolute atomic E-state index is 12.6. The second-order valence-electron chi connectivity index (χ2n) is 5.67. The van der Waals surface area contributed by atoms with Crippen molar-refractivity contribution in [1.29, 1.82) is 0 Å². The number of fused-ring (bicyclic) bond motifs is 1. The minimum Gasteiger partial charge on any atom is -0.465 e. The van der Waals surface area contributed by atoms with E-state index in [1.165, 1.54) is 32.4 Å². The number of carbonyl (C=O) groups is 3. The van der Waals surface area contributed by atoms with E-state index in [1.54, 1.807) is 19.1 Å². The van der Waals surface area contributed by atoms with Crippen LogP contribution in [0.4, 0.5) is 0 Å². The molecule has 0 bridgehead atoms. The van der Waals surface area contributed by atoms with E-state index in [0.29, 0.717) is 11.1 Å². The summed E-state index contributed by atoms with van der Waals surface area (Å²) in [6, 6.07) is 11.1. The largest absolute Gasteiger partial charge is 0.465 e. The quantitative estimate of drug-likeness (QED) is 0.514. The van der Waals surface area contributed by atoms with Crippen molar-refractivity contribution in [1.82, 2.24) is 0 Å². The molecule has 1 aromatic heterocycles. The molecule has 138 valence electrons. The van der Waals surface area contributed by atoms with Crippen molar-refractivity contribution in [2.45, 2.75) is 6.92 Å². The van der Waals surface area contributed by atoms with Crippen molar-refractivity contribution >= 4 is 28.9 Å². The van der Waals surface area contributed by atoms with Crippen molar-refractivity contribution in [2.75, 3.05) is 14.2 Å². The molecule has 0 saturated heterocycles. The number of methoxy groups -OCH3 is 2. The third kappa shape index (κ3) is 3.52. The summed E-state index contributed by atoms with van der Waals surface area (Å²) in [5, 5.41) is 0.794. The van der Waals surface area contributed by atoms with Crippen LogP contribution in [0.15, 0.2) is 46.9 Å². The van der Waals surface area contributed by atoms with E-state index >= 15 is 0 Å². The molecule has 1 heterocycles. The van der Waals surface area contributed by atoms with Gasteiger partial charge in [-0.2, -0.15) is 0 Å². The second-order valence-corrected chi connectivity index (χ2v) is 5.67. The highest BCUT2D eigenvalue weighted by atomic mass is 16.5. The van der Waals surface area contributed by atoms with Gasteiger partial charge in [0.05, 0.1) is 25.3 Å². The Morgan fingerprint density at radius 1 is 0.852 bits per heavy atom. The molecule has 7 nitrogen and oxygen atoms in total. The number of carbonyl (C=O) groups excluding carboxylic acids is 3. The number of furan rings is 1. The van der Waals surface area contributed by atoms with Gasteiger partial charge in [-0.15, -0.1) is 0 Å². The third-order valence-electron chi connectivity index (χ3n) is 3.99. The summed E-state index contributed by atoms with van der Waals surface area (Å²) >= 11 is 0. The van der Waals surface area contributed by atoms with Crippen molar-refractivity contribution in [2.24, 2.45) is 0 Å². The van der Waals surface area contributed by atoms with Gasteiger partial charge in [0, 0.05) is 10.9 Å². The van der Waals surface area contributed by atoms with Crippen molar-refractivity contribution in [3.8, 4) is 5.75 Å². The maximum Gasteiger partial charge on any atom is 0.379 e. The standard InChI is InChI=1S/C20H16O7/c1-11-15-6-4-5-7-16(15)27-17(11)20(23)26-14-9-12(18(21)24-2)8-13(10-14)19(22)25-3/h4-10H,1-3H3. The van der Waals surface area contributed by atoms with E-state index in [4.69, 9.17) is 9.15 Å². The molecule has 3 rings (SSSR count). The van der Waals surface area contributed by atoms with Crippen LogP contribution >= 0.6 is 0 Å². The second kappa shape index (κ2) is 7.33. The smallest absolute Gasteiger partial charge is 0.379 e. The number of benzene rings is 2. The summed E-state index contributed by atoms with van der Waals surface area (Å²) in [7, 11) is 2.41. The molecule has 0 amide bonds. The van der Waals surface area contributed by atoms with E-state index in [1.807, 2.05) is 12.1 Å². The first-order chi connectivity index (χ1) is 12.9. The van der Waals surface area contributed by atoms with Gasteiger partial charge in [0.1, 0.15) is 11.3 Å². The Morgan fingerprint density at radius 2 is 1.44 bits per heavy atom. The molecule has 7 heteroatoms. The molecular weight excluding hydrogens is 352 g/mol. The van der Waals surface area contributed by atoms with Gasteiger partial charge in [-0.05, 0) is 31.2 Å². The lowest BCUT2D eigenvalue weighted by Crippen LogP contribution is -2.12. The van der Waals surface area contributed by atoms with Gasteiger partial charge in [0.2, 0.25) is 5.76 Å². The van der Waals surface area contributed by atoms with Crippen molar-refractivity contribution in [3.63, 3.8) is 0 Å². The van der Waals surface area contributed by atoms with E-state index in [0.717, 1.165) is 5.39 Å². The molecule has 2 aromatic carbocycles. The zero-order valence-corrected chi connectivity index (χ0v) is 14.9. The monoisotopic (exact) mass is 368 g/mol. The van der Waals surface area contributed by atoms with Crippen LogP contribution in [0.3, 0.4) is 0 Å². The first-order valence-corrected chi connectivity index (χ1v) is 7.96. The van der Waals surface area contributed by atoms with Crippen LogP contribution in [0.2, 0.25) is 0 Å². The molecule has 0 unspecified atom stereocenters. The highest BCUT2D eigenvalue weighted by Gasteiger charge is 2.21. The normalized spacial score (nSPS) is 10.5. The summed E-state index contributed by atoms with van der Waals surface area (Å²) in [5.41, 5.74) is 1.28. The Bertz CT molecular complexity index is 1010. The fourth-order valence-electron chi connectivity index (χ4n) is 2.65. The van der Waals surface area contributed by atoms with Gasteiger partial charge in [-0.1, -0.05) is 18.2 Å². The molecule has 0 N–H and O–H groups in total. The van der Waals surface area contributed by atoms with Gasteiger partial charge in [0.25, 0.3) is 0 Å². The van der Waals surface area contributed by atoms with Crippen LogP contribution < -0.4 is 4.74 Å². The van der Waals surface area contributed by atoms with E-state index in [2.05, 4.69) is 9.47 Å². The van der Waals surface area contributed by atoms with E-state index < -0.39 is 17.9 Å². The minimum absolute atomic E-state index is 0.0110. The zero-order chi connectivity index (χ0) is 19.6. The lowest BCUT2D eigenvalue weighted by molar-refractivity contribution is 0.0592. The third-order valence-corrected chi connectivity index (χ3v) is 3.99. The van der Waals surface area contributed by atoms with Gasteiger partial charge in [-0.25, -0.2) is 14.4 Å². The number of rotatable bonds is 4. The number of aryl methyl sites for hydroxylation is 1. The summed E-state index contributed by atoms with van der Waals surface area (Å²) in [4.78, 5) is 36.2. The van der Waals surface area contributed by atoms with Crippen LogP contribution in [0.25, 0.3) is 11.0 Å². The van der Waals surface area contributed by atoms with Crippen LogP contribution in [0.5, 0.6) is 5.75 Å². The van der Waals surface area contributed by atoms with Crippen LogP contribution in [-0.4, -0.2) is 32.1 Å². The topological polar surface area (TPSA) is 92.0 Å². The molecule has 0 aliphatic heterocycles. The Morgan fingerprint density at radius 3 is 2.00 bits per heavy atom. The Hall–Kier alpha value is -3.61. The van der Waals surface area contributed by atoms with Crippen molar-refractivity contribution < 1.29 is 33.0 Å². The number of hydrogen-bond acceptors (Lipinski definition) is 7. The summed E-state index contributed by atoms with van der Waals surface area (Å²) < 4.78 is 20.2. The number of hydrogen-bond donors (Lipinski definition) is 0. The predicted octanol–water partition coefficient (Wildman–Crippen LogP) is 3.53. The first kappa shape index (κ1) is 18.2. The van der Waals surface area contributed by atoms with Crippen LogP contribution in [0.1, 0.15) is 36.8 Å². The highest BCUT2D eigenvalue weighted by molar-refractivity contribution is 5.98. The lowest BCUT2D eigenvalue weighted by Gasteiger charge is -2.08. The van der Waals surface area contributed by atoms with Crippen LogP contribution in [-0.2, 0) is 9.47 Å². The van der Waals surface area contributed by atoms with Gasteiger partial charge in [0.15, 0.2) is 0 Å². The van der Waals surface area contributed by atoms with Crippen molar-refractivity contribution in [3.05, 3.63) is 64.9 Å². The number of ether oxygens (including phenoxy) is 3. The highest BCUT2D eigenvalue weighted by Crippen LogP contribution is 2.27. The van der Waals surface area contributed by atoms with Gasteiger partial charge in [-0.3, -0.25) is 0 Å². The predicted molar refractivity (Wildman–Crippen MR) is 95.0 cm³/mol. The average molecular weight is 368 g/mol. The fourth-order valence-corrected chi connectivity index (χ4v) is 2.65. The molecule has 0 fully saturated rings. The number of esters is 3. The minimum atomic E-state index is -0.749. The molecular formula is C20H16O7. The molecule has 27 heavy (non-hydrogen) atoms. The molecule has 0 radical (unpaired) electrons. The maximum atomic E-state index is 12.6. The molecule has 3 aromatic rings.